The third kappa shape index (κ3) is 4.80. The largest absolute Gasteiger partial charge is 0.376 e. The van der Waals surface area contributed by atoms with Gasteiger partial charge in [0.25, 0.3) is 0 Å². The Labute approximate surface area is 85.6 Å². The summed E-state index contributed by atoms with van der Waals surface area (Å²) in [4.78, 5) is 0. The summed E-state index contributed by atoms with van der Waals surface area (Å²) in [5.74, 6) is 0. The minimum Gasteiger partial charge on any atom is -0.376 e. The van der Waals surface area contributed by atoms with Gasteiger partial charge >= 0.3 is 0 Å². The third-order valence-corrected chi connectivity index (χ3v) is 1.83. The molecule has 0 atom stereocenters. The molecule has 0 amide bonds. The van der Waals surface area contributed by atoms with Crippen molar-refractivity contribution in [2.75, 3.05) is 19.8 Å². The Kier molecular flexibility index (Phi) is 5.71. The maximum atomic E-state index is 5.24. The summed E-state index contributed by atoms with van der Waals surface area (Å²) in [5, 5.41) is 3.30. The molecule has 1 aromatic carbocycles. The van der Waals surface area contributed by atoms with Crippen LogP contribution in [-0.2, 0) is 11.3 Å². The van der Waals surface area contributed by atoms with Crippen LogP contribution in [0.25, 0.3) is 0 Å². The molecule has 0 aliphatic heterocycles. The van der Waals surface area contributed by atoms with E-state index in [0.29, 0.717) is 6.61 Å². The summed E-state index contributed by atoms with van der Waals surface area (Å²) in [6, 6.07) is 10.3. The quantitative estimate of drug-likeness (QED) is 0.525. The summed E-state index contributed by atoms with van der Waals surface area (Å²) < 4.78 is 5.24. The summed E-state index contributed by atoms with van der Waals surface area (Å²) in [6.07, 6.45) is 1.76. The molecule has 1 N–H and O–H groups in total. The predicted molar refractivity (Wildman–Crippen MR) is 59.2 cm³/mol. The van der Waals surface area contributed by atoms with Crippen molar-refractivity contribution in [3.8, 4) is 0 Å². The number of nitrogens with one attached hydrogen (secondary N) is 1. The molecule has 0 bridgehead atoms. The normalized spacial score (nSPS) is 10.0. The standard InChI is InChI=1S/C12H17NO/c1-2-9-14-10-8-13-11-12-6-4-3-5-7-12/h2-7,13H,1,8-11H2. The lowest BCUT2D eigenvalue weighted by Gasteiger charge is -2.04. The molecule has 0 saturated carbocycles. The van der Waals surface area contributed by atoms with Crippen molar-refractivity contribution in [3.63, 3.8) is 0 Å². The zero-order valence-electron chi connectivity index (χ0n) is 8.41. The van der Waals surface area contributed by atoms with Crippen molar-refractivity contribution in [1.82, 2.24) is 5.32 Å². The summed E-state index contributed by atoms with van der Waals surface area (Å²) in [7, 11) is 0. The van der Waals surface area contributed by atoms with Crippen LogP contribution in [0.5, 0.6) is 0 Å². The molecule has 0 radical (unpaired) electrons. The molecule has 14 heavy (non-hydrogen) atoms. The number of ether oxygens (including phenoxy) is 1. The molecule has 2 heteroatoms. The first-order valence-electron chi connectivity index (χ1n) is 4.87. The van der Waals surface area contributed by atoms with E-state index in [1.54, 1.807) is 6.08 Å². The van der Waals surface area contributed by atoms with Gasteiger partial charge in [-0.2, -0.15) is 0 Å². The second-order valence-electron chi connectivity index (χ2n) is 3.03. The van der Waals surface area contributed by atoms with Crippen LogP contribution < -0.4 is 5.32 Å². The molecule has 2 nitrogen and oxygen atoms in total. The third-order valence-electron chi connectivity index (χ3n) is 1.83. The summed E-state index contributed by atoms with van der Waals surface area (Å²) in [5.41, 5.74) is 1.30. The Bertz CT molecular complexity index is 246. The van der Waals surface area contributed by atoms with Gasteiger partial charge in [-0.25, -0.2) is 0 Å². The maximum absolute atomic E-state index is 5.24. The van der Waals surface area contributed by atoms with Crippen molar-refractivity contribution in [3.05, 3.63) is 48.6 Å². The first kappa shape index (κ1) is 11.0. The van der Waals surface area contributed by atoms with Gasteiger partial charge in [-0.3, -0.25) is 0 Å². The fourth-order valence-corrected chi connectivity index (χ4v) is 1.14. The second kappa shape index (κ2) is 7.30. The smallest absolute Gasteiger partial charge is 0.0645 e. The van der Waals surface area contributed by atoms with E-state index in [0.717, 1.165) is 19.7 Å². The van der Waals surface area contributed by atoms with Gasteiger partial charge in [-0.1, -0.05) is 36.4 Å². The molecular weight excluding hydrogens is 174 g/mol. The average Bonchev–Trinajstić information content (AvgIpc) is 2.25. The van der Waals surface area contributed by atoms with E-state index in [2.05, 4.69) is 24.0 Å². The Morgan fingerprint density at radius 1 is 1.29 bits per heavy atom. The molecule has 0 unspecified atom stereocenters. The molecule has 0 fully saturated rings. The lowest BCUT2D eigenvalue weighted by Crippen LogP contribution is -2.19. The minimum atomic E-state index is 0.632. The molecular formula is C12H17NO. The van der Waals surface area contributed by atoms with Crippen molar-refractivity contribution in [1.29, 1.82) is 0 Å². The Balaban J connectivity index is 2.02. The lowest BCUT2D eigenvalue weighted by molar-refractivity contribution is 0.164. The highest BCUT2D eigenvalue weighted by Gasteiger charge is 1.89. The summed E-state index contributed by atoms with van der Waals surface area (Å²) >= 11 is 0. The van der Waals surface area contributed by atoms with Gasteiger partial charge in [-0.05, 0) is 5.56 Å². The highest BCUT2D eigenvalue weighted by molar-refractivity contribution is 5.14. The van der Waals surface area contributed by atoms with Crippen LogP contribution in [-0.4, -0.2) is 19.8 Å². The van der Waals surface area contributed by atoms with Crippen molar-refractivity contribution in [2.24, 2.45) is 0 Å². The highest BCUT2D eigenvalue weighted by Crippen LogP contribution is 1.96. The monoisotopic (exact) mass is 191 g/mol. The first-order chi connectivity index (χ1) is 6.93. The van der Waals surface area contributed by atoms with Crippen LogP contribution in [0.4, 0.5) is 0 Å². The van der Waals surface area contributed by atoms with Gasteiger partial charge in [0, 0.05) is 13.1 Å². The molecule has 1 aromatic rings. The summed E-state index contributed by atoms with van der Waals surface area (Å²) in [6.45, 7) is 6.73. The molecule has 0 aromatic heterocycles. The van der Waals surface area contributed by atoms with Crippen molar-refractivity contribution < 1.29 is 4.74 Å². The van der Waals surface area contributed by atoms with Crippen molar-refractivity contribution in [2.45, 2.75) is 6.54 Å². The van der Waals surface area contributed by atoms with E-state index in [4.69, 9.17) is 4.74 Å². The lowest BCUT2D eigenvalue weighted by atomic mass is 10.2. The fourth-order valence-electron chi connectivity index (χ4n) is 1.14. The molecule has 0 heterocycles. The molecule has 0 aliphatic carbocycles. The van der Waals surface area contributed by atoms with Gasteiger partial charge in [0.05, 0.1) is 13.2 Å². The minimum absolute atomic E-state index is 0.632. The number of benzene rings is 1. The van der Waals surface area contributed by atoms with Crippen LogP contribution in [0.2, 0.25) is 0 Å². The van der Waals surface area contributed by atoms with Crippen molar-refractivity contribution >= 4 is 0 Å². The van der Waals surface area contributed by atoms with Gasteiger partial charge in [0.1, 0.15) is 0 Å². The first-order valence-corrected chi connectivity index (χ1v) is 4.87. The van der Waals surface area contributed by atoms with E-state index in [1.165, 1.54) is 5.56 Å². The molecule has 0 spiro atoms. The zero-order chi connectivity index (χ0) is 10.1. The van der Waals surface area contributed by atoms with E-state index in [9.17, 15) is 0 Å². The SMILES string of the molecule is C=CCOCCNCc1ccccc1. The van der Waals surface area contributed by atoms with E-state index >= 15 is 0 Å². The van der Waals surface area contributed by atoms with Crippen LogP contribution in [0.15, 0.2) is 43.0 Å². The molecule has 0 aliphatic rings. The Morgan fingerprint density at radius 3 is 2.79 bits per heavy atom. The number of hydrogen-bond acceptors (Lipinski definition) is 2. The van der Waals surface area contributed by atoms with Crippen LogP contribution in [0, 0.1) is 0 Å². The molecule has 76 valence electrons. The van der Waals surface area contributed by atoms with Gasteiger partial charge < -0.3 is 10.1 Å². The number of hydrogen-bond donors (Lipinski definition) is 1. The highest BCUT2D eigenvalue weighted by atomic mass is 16.5. The van der Waals surface area contributed by atoms with Gasteiger partial charge in [0.2, 0.25) is 0 Å². The predicted octanol–water partition coefficient (Wildman–Crippen LogP) is 1.98. The second-order valence-corrected chi connectivity index (χ2v) is 3.03. The van der Waals surface area contributed by atoms with E-state index in [1.807, 2.05) is 18.2 Å². The van der Waals surface area contributed by atoms with Gasteiger partial charge in [-0.15, -0.1) is 6.58 Å². The fraction of sp³-hybridized carbons (Fsp3) is 0.333. The molecule has 1 rings (SSSR count). The topological polar surface area (TPSA) is 21.3 Å². The van der Waals surface area contributed by atoms with E-state index in [-0.39, 0.29) is 0 Å². The maximum Gasteiger partial charge on any atom is 0.0645 e. The Morgan fingerprint density at radius 2 is 2.07 bits per heavy atom. The van der Waals surface area contributed by atoms with Crippen LogP contribution >= 0.6 is 0 Å². The Hall–Kier alpha value is -1.12. The van der Waals surface area contributed by atoms with Crippen LogP contribution in [0.3, 0.4) is 0 Å². The van der Waals surface area contributed by atoms with E-state index < -0.39 is 0 Å². The number of rotatable bonds is 7. The van der Waals surface area contributed by atoms with Gasteiger partial charge in [0.15, 0.2) is 0 Å². The van der Waals surface area contributed by atoms with Crippen LogP contribution in [0.1, 0.15) is 5.56 Å². The average molecular weight is 191 g/mol. The zero-order valence-corrected chi connectivity index (χ0v) is 8.41. The molecule has 0 saturated heterocycles.